The van der Waals surface area contributed by atoms with Crippen LogP contribution >= 0.6 is 0 Å². The summed E-state index contributed by atoms with van der Waals surface area (Å²) in [5.41, 5.74) is 3.72. The lowest BCUT2D eigenvalue weighted by atomic mass is 9.94. The molecule has 0 spiro atoms. The topological polar surface area (TPSA) is 93.3 Å². The number of likely N-dealkylation sites (tertiary alicyclic amines) is 1. The van der Waals surface area contributed by atoms with E-state index >= 15 is 0 Å². The summed E-state index contributed by atoms with van der Waals surface area (Å²) in [7, 11) is 0. The summed E-state index contributed by atoms with van der Waals surface area (Å²) in [6.45, 7) is 3.55. The Bertz CT molecular complexity index is 1300. The Balaban J connectivity index is 1.24. The first kappa shape index (κ1) is 22.6. The standard InChI is InChI=1S/C27H27N5O3/c1-19-17-25(30-35-19)29-26(33)22-11-15-31(16-12-22)27(34)24-6-3-2-5-23(24)21-9-7-20(8-10-21)18-32-14-4-13-28-32/h2-10,13-14,17,22H,11-12,15-16,18H2,1H3,(H,29,30,33). The predicted octanol–water partition coefficient (Wildman–Crippen LogP) is 4.39. The molecule has 2 amide bonds. The van der Waals surface area contributed by atoms with Crippen molar-refractivity contribution in [3.63, 3.8) is 0 Å². The highest BCUT2D eigenvalue weighted by Gasteiger charge is 2.29. The van der Waals surface area contributed by atoms with Gasteiger partial charge in [0.2, 0.25) is 5.91 Å². The van der Waals surface area contributed by atoms with Crippen LogP contribution in [-0.2, 0) is 11.3 Å². The fraction of sp³-hybridized carbons (Fsp3) is 0.259. The van der Waals surface area contributed by atoms with Gasteiger partial charge in [-0.2, -0.15) is 5.10 Å². The first-order chi connectivity index (χ1) is 17.1. The molecule has 1 N–H and O–H groups in total. The fourth-order valence-electron chi connectivity index (χ4n) is 4.46. The fourth-order valence-corrected chi connectivity index (χ4v) is 4.46. The van der Waals surface area contributed by atoms with Crippen molar-refractivity contribution in [3.8, 4) is 11.1 Å². The number of amides is 2. The quantitative estimate of drug-likeness (QED) is 0.452. The second-order valence-electron chi connectivity index (χ2n) is 8.82. The van der Waals surface area contributed by atoms with Gasteiger partial charge in [0.05, 0.1) is 6.54 Å². The number of hydrogen-bond donors (Lipinski definition) is 1. The molecular formula is C27H27N5O3. The van der Waals surface area contributed by atoms with Crippen molar-refractivity contribution in [2.45, 2.75) is 26.3 Å². The van der Waals surface area contributed by atoms with Gasteiger partial charge in [-0.15, -0.1) is 0 Å². The molecule has 4 aromatic rings. The largest absolute Gasteiger partial charge is 0.360 e. The summed E-state index contributed by atoms with van der Waals surface area (Å²) in [6.07, 6.45) is 4.92. The maximum Gasteiger partial charge on any atom is 0.254 e. The molecule has 0 atom stereocenters. The first-order valence-corrected chi connectivity index (χ1v) is 11.8. The molecule has 1 saturated heterocycles. The number of carbonyl (C=O) groups is 2. The Labute approximate surface area is 203 Å². The van der Waals surface area contributed by atoms with E-state index in [0.717, 1.165) is 16.7 Å². The molecule has 8 heteroatoms. The minimum absolute atomic E-state index is 0.00722. The predicted molar refractivity (Wildman–Crippen MR) is 132 cm³/mol. The lowest BCUT2D eigenvalue weighted by molar-refractivity contribution is -0.121. The first-order valence-electron chi connectivity index (χ1n) is 11.8. The smallest absolute Gasteiger partial charge is 0.254 e. The van der Waals surface area contributed by atoms with Gasteiger partial charge < -0.3 is 14.7 Å². The van der Waals surface area contributed by atoms with Crippen LogP contribution in [0, 0.1) is 12.8 Å². The van der Waals surface area contributed by atoms with E-state index in [4.69, 9.17) is 4.52 Å². The van der Waals surface area contributed by atoms with Gasteiger partial charge in [0.25, 0.3) is 5.91 Å². The van der Waals surface area contributed by atoms with Crippen molar-refractivity contribution >= 4 is 17.6 Å². The van der Waals surface area contributed by atoms with Gasteiger partial charge in [-0.3, -0.25) is 14.3 Å². The van der Waals surface area contributed by atoms with Crippen molar-refractivity contribution in [3.05, 3.63) is 89.9 Å². The molecule has 5 rings (SSSR count). The highest BCUT2D eigenvalue weighted by atomic mass is 16.5. The van der Waals surface area contributed by atoms with Crippen LogP contribution in [0.25, 0.3) is 11.1 Å². The average molecular weight is 470 g/mol. The van der Waals surface area contributed by atoms with Crippen molar-refractivity contribution < 1.29 is 14.1 Å². The van der Waals surface area contributed by atoms with Crippen LogP contribution in [0.4, 0.5) is 5.82 Å². The maximum absolute atomic E-state index is 13.4. The number of nitrogens with zero attached hydrogens (tertiary/aromatic N) is 4. The van der Waals surface area contributed by atoms with Crippen molar-refractivity contribution in [1.82, 2.24) is 19.8 Å². The molecule has 2 aromatic carbocycles. The molecule has 0 unspecified atom stereocenters. The van der Waals surface area contributed by atoms with E-state index in [-0.39, 0.29) is 17.7 Å². The third-order valence-corrected chi connectivity index (χ3v) is 6.36. The highest BCUT2D eigenvalue weighted by Crippen LogP contribution is 2.27. The maximum atomic E-state index is 13.4. The number of nitrogens with one attached hydrogen (secondary N) is 1. The summed E-state index contributed by atoms with van der Waals surface area (Å²) < 4.78 is 6.88. The summed E-state index contributed by atoms with van der Waals surface area (Å²) in [4.78, 5) is 27.9. The molecule has 0 saturated carbocycles. The van der Waals surface area contributed by atoms with Crippen LogP contribution in [0.15, 0.2) is 77.6 Å². The minimum atomic E-state index is -0.159. The molecular weight excluding hydrogens is 442 g/mol. The summed E-state index contributed by atoms with van der Waals surface area (Å²) in [5.74, 6) is 0.823. The van der Waals surface area contributed by atoms with Gasteiger partial charge in [-0.25, -0.2) is 0 Å². The average Bonchev–Trinajstić information content (AvgIpc) is 3.55. The number of rotatable bonds is 6. The van der Waals surface area contributed by atoms with Crippen LogP contribution in [0.2, 0.25) is 0 Å². The van der Waals surface area contributed by atoms with Crippen LogP contribution in [0.3, 0.4) is 0 Å². The van der Waals surface area contributed by atoms with Gasteiger partial charge in [-0.1, -0.05) is 47.6 Å². The monoisotopic (exact) mass is 469 g/mol. The highest BCUT2D eigenvalue weighted by molar-refractivity contribution is 6.01. The third-order valence-electron chi connectivity index (χ3n) is 6.36. The molecule has 0 aliphatic carbocycles. The summed E-state index contributed by atoms with van der Waals surface area (Å²) in [5, 5.41) is 10.9. The molecule has 2 aromatic heterocycles. The number of piperidine rings is 1. The molecule has 1 aliphatic heterocycles. The molecule has 1 aliphatic rings. The summed E-state index contributed by atoms with van der Waals surface area (Å²) >= 11 is 0. The van der Waals surface area contributed by atoms with Crippen LogP contribution in [0.1, 0.15) is 34.5 Å². The van der Waals surface area contributed by atoms with Crippen molar-refractivity contribution in [2.24, 2.45) is 5.92 Å². The van der Waals surface area contributed by atoms with E-state index in [1.165, 1.54) is 0 Å². The third kappa shape index (κ3) is 5.16. The van der Waals surface area contributed by atoms with E-state index in [0.29, 0.717) is 49.6 Å². The normalized spacial score (nSPS) is 14.1. The molecule has 8 nitrogen and oxygen atoms in total. The molecule has 0 radical (unpaired) electrons. The van der Waals surface area contributed by atoms with Crippen LogP contribution in [-0.4, -0.2) is 44.7 Å². The lowest BCUT2D eigenvalue weighted by Crippen LogP contribution is -2.41. The van der Waals surface area contributed by atoms with Crippen molar-refractivity contribution in [1.29, 1.82) is 0 Å². The molecule has 1 fully saturated rings. The molecule has 35 heavy (non-hydrogen) atoms. The van der Waals surface area contributed by atoms with E-state index < -0.39 is 0 Å². The zero-order chi connectivity index (χ0) is 24.2. The van der Waals surface area contributed by atoms with Gasteiger partial charge in [-0.05, 0) is 48.6 Å². The zero-order valence-electron chi connectivity index (χ0n) is 19.6. The number of carbonyl (C=O) groups excluding carboxylic acids is 2. The second-order valence-corrected chi connectivity index (χ2v) is 8.82. The number of benzene rings is 2. The number of anilines is 1. The Morgan fingerprint density at radius 1 is 1.06 bits per heavy atom. The second kappa shape index (κ2) is 9.97. The molecule has 178 valence electrons. The zero-order valence-corrected chi connectivity index (χ0v) is 19.6. The Hall–Kier alpha value is -4.20. The number of hydrogen-bond acceptors (Lipinski definition) is 5. The molecule has 0 bridgehead atoms. The van der Waals surface area contributed by atoms with E-state index in [2.05, 4.69) is 27.7 Å². The SMILES string of the molecule is Cc1cc(NC(=O)C2CCN(C(=O)c3ccccc3-c3ccc(Cn4cccn4)cc3)CC2)no1. The van der Waals surface area contributed by atoms with Gasteiger partial charge in [0.15, 0.2) is 5.82 Å². The Kier molecular flexibility index (Phi) is 6.43. The summed E-state index contributed by atoms with van der Waals surface area (Å²) in [6, 6.07) is 19.5. The number of aromatic nitrogens is 3. The van der Waals surface area contributed by atoms with Crippen LogP contribution < -0.4 is 5.32 Å². The van der Waals surface area contributed by atoms with Gasteiger partial charge >= 0.3 is 0 Å². The Morgan fingerprint density at radius 2 is 1.83 bits per heavy atom. The Morgan fingerprint density at radius 3 is 2.51 bits per heavy atom. The van der Waals surface area contributed by atoms with E-state index in [1.54, 1.807) is 19.2 Å². The van der Waals surface area contributed by atoms with E-state index in [1.807, 2.05) is 58.2 Å². The van der Waals surface area contributed by atoms with Gasteiger partial charge in [0.1, 0.15) is 5.76 Å². The van der Waals surface area contributed by atoms with Crippen LogP contribution in [0.5, 0.6) is 0 Å². The molecule has 3 heterocycles. The van der Waals surface area contributed by atoms with E-state index in [9.17, 15) is 9.59 Å². The lowest BCUT2D eigenvalue weighted by Gasteiger charge is -2.31. The van der Waals surface area contributed by atoms with Crippen molar-refractivity contribution in [2.75, 3.05) is 18.4 Å². The van der Waals surface area contributed by atoms with Gasteiger partial charge in [0, 0.05) is 43.0 Å². The number of aryl methyl sites for hydroxylation is 1. The minimum Gasteiger partial charge on any atom is -0.360 e.